The lowest BCUT2D eigenvalue weighted by Crippen LogP contribution is -2.23. The lowest BCUT2D eigenvalue weighted by atomic mass is 10.1. The molecular weight excluding hydrogens is 293 g/mol. The molecule has 0 fully saturated rings. The number of esters is 1. The van der Waals surface area contributed by atoms with Crippen molar-refractivity contribution < 1.29 is 13.9 Å². The van der Waals surface area contributed by atoms with Crippen LogP contribution < -0.4 is 5.32 Å². The van der Waals surface area contributed by atoms with E-state index < -0.39 is 12.0 Å². The van der Waals surface area contributed by atoms with Gasteiger partial charge in [-0.2, -0.15) is 0 Å². The molecule has 1 N–H and O–H groups in total. The molecular formula is C16H15ClFNO2. The molecule has 2 rings (SSSR count). The molecule has 0 aromatic heterocycles. The summed E-state index contributed by atoms with van der Waals surface area (Å²) < 4.78 is 18.0. The van der Waals surface area contributed by atoms with Crippen LogP contribution in [0.25, 0.3) is 0 Å². The Labute approximate surface area is 127 Å². The Morgan fingerprint density at radius 3 is 2.38 bits per heavy atom. The summed E-state index contributed by atoms with van der Waals surface area (Å²) in [7, 11) is 0. The summed E-state index contributed by atoms with van der Waals surface area (Å²) in [5.41, 5.74) is 1.35. The largest absolute Gasteiger partial charge is 0.464 e. The van der Waals surface area contributed by atoms with Crippen LogP contribution in [0.4, 0.5) is 10.1 Å². The van der Waals surface area contributed by atoms with Crippen molar-refractivity contribution in [1.29, 1.82) is 0 Å². The molecule has 1 atom stereocenters. The van der Waals surface area contributed by atoms with Gasteiger partial charge in [0.15, 0.2) is 6.04 Å². The minimum absolute atomic E-state index is 0.286. The first-order valence-electron chi connectivity index (χ1n) is 6.54. The Morgan fingerprint density at radius 1 is 1.19 bits per heavy atom. The molecule has 2 aromatic carbocycles. The summed E-state index contributed by atoms with van der Waals surface area (Å²) in [6, 6.07) is 12.0. The first-order chi connectivity index (χ1) is 10.1. The summed E-state index contributed by atoms with van der Waals surface area (Å²) in [4.78, 5) is 12.1. The highest BCUT2D eigenvalue weighted by atomic mass is 35.5. The number of hydrogen-bond acceptors (Lipinski definition) is 3. The molecule has 0 spiro atoms. The van der Waals surface area contributed by atoms with Gasteiger partial charge in [-0.3, -0.25) is 0 Å². The Balaban J connectivity index is 2.25. The summed E-state index contributed by atoms with van der Waals surface area (Å²) in [6.45, 7) is 2.03. The number of carbonyl (C=O) groups excluding carboxylic acids is 1. The van der Waals surface area contributed by atoms with E-state index in [-0.39, 0.29) is 12.4 Å². The predicted molar refractivity (Wildman–Crippen MR) is 80.8 cm³/mol. The Hall–Kier alpha value is -2.07. The second-order valence-electron chi connectivity index (χ2n) is 4.39. The van der Waals surface area contributed by atoms with Gasteiger partial charge in [0.1, 0.15) is 5.82 Å². The molecule has 3 nitrogen and oxygen atoms in total. The summed E-state index contributed by atoms with van der Waals surface area (Å²) >= 11 is 5.86. The topological polar surface area (TPSA) is 38.3 Å². The van der Waals surface area contributed by atoms with Gasteiger partial charge in [-0.15, -0.1) is 0 Å². The van der Waals surface area contributed by atoms with Crippen molar-refractivity contribution in [3.8, 4) is 0 Å². The Kier molecular flexibility index (Phi) is 5.17. The van der Waals surface area contributed by atoms with Gasteiger partial charge in [-0.1, -0.05) is 23.7 Å². The van der Waals surface area contributed by atoms with Crippen LogP contribution in [-0.4, -0.2) is 12.6 Å². The monoisotopic (exact) mass is 307 g/mol. The minimum atomic E-state index is -0.673. The van der Waals surface area contributed by atoms with Gasteiger partial charge >= 0.3 is 5.97 Å². The van der Waals surface area contributed by atoms with Crippen molar-refractivity contribution in [2.24, 2.45) is 0 Å². The zero-order valence-corrected chi connectivity index (χ0v) is 12.2. The molecule has 0 aliphatic heterocycles. The second kappa shape index (κ2) is 7.09. The van der Waals surface area contributed by atoms with Gasteiger partial charge in [0.05, 0.1) is 6.61 Å². The zero-order chi connectivity index (χ0) is 15.2. The van der Waals surface area contributed by atoms with Gasteiger partial charge in [-0.05, 0) is 48.9 Å². The fourth-order valence-electron chi connectivity index (χ4n) is 1.87. The third-order valence-corrected chi connectivity index (χ3v) is 3.13. The Morgan fingerprint density at radius 2 is 1.81 bits per heavy atom. The highest BCUT2D eigenvalue weighted by Gasteiger charge is 2.21. The summed E-state index contributed by atoms with van der Waals surface area (Å²) in [6.07, 6.45) is 0. The van der Waals surface area contributed by atoms with Crippen LogP contribution >= 0.6 is 11.6 Å². The van der Waals surface area contributed by atoms with Crippen LogP contribution in [-0.2, 0) is 9.53 Å². The maximum absolute atomic E-state index is 12.9. The summed E-state index contributed by atoms with van der Waals surface area (Å²) in [5.74, 6) is -0.733. The number of rotatable bonds is 5. The first kappa shape index (κ1) is 15.3. The predicted octanol–water partition coefficient (Wildman–Crippen LogP) is 4.20. The molecule has 5 heteroatoms. The molecule has 0 aliphatic carbocycles. The molecule has 0 heterocycles. The van der Waals surface area contributed by atoms with E-state index in [9.17, 15) is 9.18 Å². The van der Waals surface area contributed by atoms with Gasteiger partial charge in [0.2, 0.25) is 0 Å². The van der Waals surface area contributed by atoms with Crippen molar-refractivity contribution >= 4 is 23.3 Å². The van der Waals surface area contributed by atoms with E-state index >= 15 is 0 Å². The van der Waals surface area contributed by atoms with E-state index in [1.165, 1.54) is 12.1 Å². The van der Waals surface area contributed by atoms with Gasteiger partial charge < -0.3 is 10.1 Å². The highest BCUT2D eigenvalue weighted by Crippen LogP contribution is 2.23. The number of halogens is 2. The average molecular weight is 308 g/mol. The minimum Gasteiger partial charge on any atom is -0.464 e. The number of benzene rings is 2. The Bertz CT molecular complexity index is 599. The quantitative estimate of drug-likeness (QED) is 0.842. The van der Waals surface area contributed by atoms with Crippen molar-refractivity contribution in [1.82, 2.24) is 0 Å². The zero-order valence-electron chi connectivity index (χ0n) is 11.5. The fraction of sp³-hybridized carbons (Fsp3) is 0.188. The average Bonchev–Trinajstić information content (AvgIpc) is 2.48. The fourth-order valence-corrected chi connectivity index (χ4v) is 2.00. The normalized spacial score (nSPS) is 11.8. The molecule has 0 aliphatic rings. The number of hydrogen-bond donors (Lipinski definition) is 1. The highest BCUT2D eigenvalue weighted by molar-refractivity contribution is 6.30. The van der Waals surface area contributed by atoms with Gasteiger partial charge in [-0.25, -0.2) is 9.18 Å². The third kappa shape index (κ3) is 4.20. The van der Waals surface area contributed by atoms with E-state index in [4.69, 9.17) is 16.3 Å². The molecule has 21 heavy (non-hydrogen) atoms. The molecule has 1 unspecified atom stereocenters. The maximum atomic E-state index is 12.9. The van der Waals surface area contributed by atoms with E-state index in [1.807, 2.05) is 0 Å². The standard InChI is InChI=1S/C16H15ClFNO2/c1-2-21-16(20)15(11-3-5-12(17)6-4-11)19-14-9-7-13(18)8-10-14/h3-10,15,19H,2H2,1H3. The van der Waals surface area contributed by atoms with E-state index in [0.29, 0.717) is 10.7 Å². The third-order valence-electron chi connectivity index (χ3n) is 2.88. The van der Waals surface area contributed by atoms with Gasteiger partial charge in [0.25, 0.3) is 0 Å². The summed E-state index contributed by atoms with van der Waals surface area (Å²) in [5, 5.41) is 3.63. The molecule has 110 valence electrons. The molecule has 0 saturated carbocycles. The van der Waals surface area contributed by atoms with Gasteiger partial charge in [0, 0.05) is 10.7 Å². The first-order valence-corrected chi connectivity index (χ1v) is 6.92. The van der Waals surface area contributed by atoms with E-state index in [0.717, 1.165) is 5.56 Å². The van der Waals surface area contributed by atoms with Crippen LogP contribution in [0.15, 0.2) is 48.5 Å². The van der Waals surface area contributed by atoms with Crippen molar-refractivity contribution in [2.75, 3.05) is 11.9 Å². The van der Waals surface area contributed by atoms with Crippen molar-refractivity contribution in [3.63, 3.8) is 0 Å². The molecule has 2 aromatic rings. The SMILES string of the molecule is CCOC(=O)C(Nc1ccc(F)cc1)c1ccc(Cl)cc1. The van der Waals surface area contributed by atoms with Crippen LogP contribution in [0.1, 0.15) is 18.5 Å². The number of carbonyl (C=O) groups is 1. The number of ether oxygens (including phenoxy) is 1. The van der Waals surface area contributed by atoms with Crippen molar-refractivity contribution in [3.05, 3.63) is 64.9 Å². The van der Waals surface area contributed by atoms with Crippen LogP contribution in [0, 0.1) is 5.82 Å². The maximum Gasteiger partial charge on any atom is 0.333 e. The second-order valence-corrected chi connectivity index (χ2v) is 4.82. The lowest BCUT2D eigenvalue weighted by Gasteiger charge is -2.19. The van der Waals surface area contributed by atoms with E-state index in [2.05, 4.69) is 5.32 Å². The van der Waals surface area contributed by atoms with Crippen LogP contribution in [0.5, 0.6) is 0 Å². The van der Waals surface area contributed by atoms with E-state index in [1.54, 1.807) is 43.3 Å². The molecule has 0 radical (unpaired) electrons. The number of nitrogens with one attached hydrogen (secondary N) is 1. The lowest BCUT2D eigenvalue weighted by molar-refractivity contribution is -0.144. The van der Waals surface area contributed by atoms with Crippen molar-refractivity contribution in [2.45, 2.75) is 13.0 Å². The number of anilines is 1. The molecule has 0 amide bonds. The molecule has 0 saturated heterocycles. The van der Waals surface area contributed by atoms with Crippen LogP contribution in [0.2, 0.25) is 5.02 Å². The van der Waals surface area contributed by atoms with Crippen LogP contribution in [0.3, 0.4) is 0 Å². The smallest absolute Gasteiger partial charge is 0.333 e. The molecule has 0 bridgehead atoms.